The van der Waals surface area contributed by atoms with Gasteiger partial charge in [-0.3, -0.25) is 4.79 Å². The molecule has 0 atom stereocenters. The molecule has 0 aromatic carbocycles. The minimum atomic E-state index is 0.190. The minimum Gasteiger partial charge on any atom is -0.411 e. The Hall–Kier alpha value is -1.32. The van der Waals surface area contributed by atoms with Gasteiger partial charge < -0.3 is 10.9 Å². The van der Waals surface area contributed by atoms with Crippen molar-refractivity contribution in [3.05, 3.63) is 11.3 Å². The van der Waals surface area contributed by atoms with Crippen LogP contribution in [0.2, 0.25) is 0 Å². The van der Waals surface area contributed by atoms with E-state index in [1.54, 1.807) is 0 Å². The quantitative estimate of drug-likeness (QED) is 0.248. The summed E-state index contributed by atoms with van der Waals surface area (Å²) in [7, 11) is 0. The van der Waals surface area contributed by atoms with E-state index >= 15 is 0 Å². The third-order valence-corrected chi connectivity index (χ3v) is 1.78. The van der Waals surface area contributed by atoms with E-state index in [-0.39, 0.29) is 5.70 Å². The standard InChI is InChI=1S/C7H10N2O2/c8-6(4-10)5-2-1-3-7(5)9-11/h4,11H,1-3,8H2. The lowest BCUT2D eigenvalue weighted by atomic mass is 10.1. The van der Waals surface area contributed by atoms with Crippen molar-refractivity contribution in [2.75, 3.05) is 0 Å². The minimum absolute atomic E-state index is 0.190. The highest BCUT2D eigenvalue weighted by atomic mass is 16.4. The van der Waals surface area contributed by atoms with Crippen LogP contribution in [0.25, 0.3) is 0 Å². The lowest BCUT2D eigenvalue weighted by Gasteiger charge is -1.97. The smallest absolute Gasteiger partial charge is 0.166 e. The van der Waals surface area contributed by atoms with Gasteiger partial charge in [-0.15, -0.1) is 0 Å². The molecule has 0 unspecified atom stereocenters. The van der Waals surface area contributed by atoms with Crippen LogP contribution in [0.4, 0.5) is 0 Å². The molecule has 1 aliphatic carbocycles. The Labute approximate surface area is 64.4 Å². The van der Waals surface area contributed by atoms with Gasteiger partial charge >= 0.3 is 0 Å². The number of allylic oxidation sites excluding steroid dienone is 2. The first-order valence-corrected chi connectivity index (χ1v) is 3.44. The average Bonchev–Trinajstić information content (AvgIpc) is 2.50. The van der Waals surface area contributed by atoms with Gasteiger partial charge in [0.15, 0.2) is 6.29 Å². The molecule has 0 aliphatic heterocycles. The Bertz CT molecular complexity index is 231. The van der Waals surface area contributed by atoms with Crippen LogP contribution in [0.5, 0.6) is 0 Å². The molecule has 1 rings (SSSR count). The second-order valence-corrected chi connectivity index (χ2v) is 2.45. The van der Waals surface area contributed by atoms with Crippen LogP contribution in [-0.2, 0) is 4.79 Å². The zero-order valence-electron chi connectivity index (χ0n) is 6.08. The molecule has 11 heavy (non-hydrogen) atoms. The lowest BCUT2D eigenvalue weighted by Crippen LogP contribution is -2.07. The third-order valence-electron chi connectivity index (χ3n) is 1.78. The van der Waals surface area contributed by atoms with Crippen LogP contribution in [-0.4, -0.2) is 17.2 Å². The van der Waals surface area contributed by atoms with Crippen molar-refractivity contribution in [1.82, 2.24) is 0 Å². The Kier molecular flexibility index (Phi) is 2.25. The molecular weight excluding hydrogens is 144 g/mol. The molecular formula is C7H10N2O2. The van der Waals surface area contributed by atoms with Crippen LogP contribution in [0.15, 0.2) is 16.4 Å². The fourth-order valence-electron chi connectivity index (χ4n) is 1.22. The molecule has 4 heteroatoms. The van der Waals surface area contributed by atoms with E-state index in [1.165, 1.54) is 0 Å². The van der Waals surface area contributed by atoms with E-state index in [1.807, 2.05) is 0 Å². The molecule has 0 aromatic heterocycles. The molecule has 0 amide bonds. The number of oxime groups is 1. The number of carbonyl (C=O) groups excluding carboxylic acids is 1. The summed E-state index contributed by atoms with van der Waals surface area (Å²) in [6, 6.07) is 0. The number of hydrogen-bond acceptors (Lipinski definition) is 4. The summed E-state index contributed by atoms with van der Waals surface area (Å²) in [5, 5.41) is 11.5. The van der Waals surface area contributed by atoms with Gasteiger partial charge in [0.2, 0.25) is 0 Å². The maximum atomic E-state index is 10.2. The molecule has 3 N–H and O–H groups in total. The Balaban J connectivity index is 2.96. The normalized spacial score (nSPS) is 25.6. The van der Waals surface area contributed by atoms with Gasteiger partial charge in [0.25, 0.3) is 0 Å². The van der Waals surface area contributed by atoms with Crippen molar-refractivity contribution in [3.63, 3.8) is 0 Å². The van der Waals surface area contributed by atoms with Crippen LogP contribution in [0, 0.1) is 0 Å². The van der Waals surface area contributed by atoms with Crippen LogP contribution in [0.1, 0.15) is 19.3 Å². The highest BCUT2D eigenvalue weighted by Gasteiger charge is 2.18. The van der Waals surface area contributed by atoms with Gasteiger partial charge in [-0.05, 0) is 19.3 Å². The summed E-state index contributed by atoms with van der Waals surface area (Å²) in [5.41, 5.74) is 6.80. The maximum absolute atomic E-state index is 10.2. The summed E-state index contributed by atoms with van der Waals surface area (Å²) >= 11 is 0. The first-order chi connectivity index (χ1) is 5.29. The largest absolute Gasteiger partial charge is 0.411 e. The molecule has 0 radical (unpaired) electrons. The molecule has 0 spiro atoms. The second-order valence-electron chi connectivity index (χ2n) is 2.45. The van der Waals surface area contributed by atoms with E-state index in [0.29, 0.717) is 24.0 Å². The van der Waals surface area contributed by atoms with Gasteiger partial charge in [0.05, 0.1) is 11.4 Å². The first kappa shape index (κ1) is 7.78. The fourth-order valence-corrected chi connectivity index (χ4v) is 1.22. The molecule has 0 heterocycles. The summed E-state index contributed by atoms with van der Waals surface area (Å²) in [6.45, 7) is 0. The topological polar surface area (TPSA) is 75.7 Å². The highest BCUT2D eigenvalue weighted by molar-refractivity contribution is 6.05. The van der Waals surface area contributed by atoms with Gasteiger partial charge in [0.1, 0.15) is 0 Å². The molecule has 1 aliphatic rings. The number of hydrogen-bond donors (Lipinski definition) is 2. The van der Waals surface area contributed by atoms with Crippen molar-refractivity contribution in [2.45, 2.75) is 19.3 Å². The van der Waals surface area contributed by atoms with Crippen molar-refractivity contribution >= 4 is 12.0 Å². The van der Waals surface area contributed by atoms with Gasteiger partial charge in [0, 0.05) is 5.57 Å². The number of carbonyl (C=O) groups is 1. The van der Waals surface area contributed by atoms with E-state index in [0.717, 1.165) is 12.8 Å². The Morgan fingerprint density at radius 2 is 2.36 bits per heavy atom. The third kappa shape index (κ3) is 1.39. The molecule has 1 saturated carbocycles. The Morgan fingerprint density at radius 3 is 2.91 bits per heavy atom. The van der Waals surface area contributed by atoms with Crippen molar-refractivity contribution in [1.29, 1.82) is 0 Å². The second kappa shape index (κ2) is 3.18. The predicted octanol–water partition coefficient (Wildman–Crippen LogP) is 0.412. The number of aldehydes is 1. The van der Waals surface area contributed by atoms with Gasteiger partial charge in [-0.25, -0.2) is 0 Å². The van der Waals surface area contributed by atoms with Crippen molar-refractivity contribution in [3.8, 4) is 0 Å². The number of nitrogens with zero attached hydrogens (tertiary/aromatic N) is 1. The van der Waals surface area contributed by atoms with E-state index in [2.05, 4.69) is 5.16 Å². The molecule has 1 fully saturated rings. The van der Waals surface area contributed by atoms with Crippen molar-refractivity contribution < 1.29 is 10.0 Å². The molecule has 0 saturated heterocycles. The summed E-state index contributed by atoms with van der Waals surface area (Å²) in [5.74, 6) is 0. The SMILES string of the molecule is NC(C=O)=C1CCCC1=NO. The van der Waals surface area contributed by atoms with Gasteiger partial charge in [-0.2, -0.15) is 0 Å². The summed E-state index contributed by atoms with van der Waals surface area (Å²) < 4.78 is 0. The molecule has 4 nitrogen and oxygen atoms in total. The monoisotopic (exact) mass is 154 g/mol. The summed E-state index contributed by atoms with van der Waals surface area (Å²) in [6.07, 6.45) is 2.94. The maximum Gasteiger partial charge on any atom is 0.166 e. The highest BCUT2D eigenvalue weighted by Crippen LogP contribution is 2.22. The van der Waals surface area contributed by atoms with Crippen LogP contribution >= 0.6 is 0 Å². The van der Waals surface area contributed by atoms with E-state index in [9.17, 15) is 4.79 Å². The van der Waals surface area contributed by atoms with Gasteiger partial charge in [-0.1, -0.05) is 5.16 Å². The first-order valence-electron chi connectivity index (χ1n) is 3.44. The molecule has 60 valence electrons. The van der Waals surface area contributed by atoms with E-state index < -0.39 is 0 Å². The van der Waals surface area contributed by atoms with E-state index in [4.69, 9.17) is 10.9 Å². The molecule has 0 aromatic rings. The lowest BCUT2D eigenvalue weighted by molar-refractivity contribution is -0.105. The van der Waals surface area contributed by atoms with Crippen LogP contribution in [0.3, 0.4) is 0 Å². The number of rotatable bonds is 1. The average molecular weight is 154 g/mol. The zero-order chi connectivity index (χ0) is 8.27. The fraction of sp³-hybridized carbons (Fsp3) is 0.429. The van der Waals surface area contributed by atoms with Crippen LogP contribution < -0.4 is 5.73 Å². The Morgan fingerprint density at radius 1 is 1.64 bits per heavy atom. The predicted molar refractivity (Wildman–Crippen MR) is 40.3 cm³/mol. The zero-order valence-corrected chi connectivity index (χ0v) is 6.08. The summed E-state index contributed by atoms with van der Waals surface area (Å²) in [4.78, 5) is 10.2. The molecule has 0 bridgehead atoms. The van der Waals surface area contributed by atoms with Crippen molar-refractivity contribution in [2.24, 2.45) is 10.9 Å². The number of nitrogens with two attached hydrogens (primary N) is 1.